The van der Waals surface area contributed by atoms with E-state index >= 15 is 0 Å². The van der Waals surface area contributed by atoms with Crippen LogP contribution in [-0.2, 0) is 9.53 Å². The molecule has 0 spiro atoms. The van der Waals surface area contributed by atoms with Crippen molar-refractivity contribution in [3.05, 3.63) is 64.5 Å². The second-order valence-corrected chi connectivity index (χ2v) is 8.66. The number of ether oxygens (including phenoxy) is 1. The third-order valence-electron chi connectivity index (χ3n) is 5.85. The first kappa shape index (κ1) is 23.9. The quantitative estimate of drug-likeness (QED) is 0.359. The van der Waals surface area contributed by atoms with Gasteiger partial charge in [0.05, 0.1) is 29.4 Å². The number of anilines is 3. The molecule has 2 aliphatic heterocycles. The Balaban J connectivity index is 1.31. The minimum atomic E-state index is -0.541. The van der Waals surface area contributed by atoms with Crippen LogP contribution in [0.3, 0.4) is 0 Å². The summed E-state index contributed by atoms with van der Waals surface area (Å²) in [5.41, 5.74) is 2.20. The average Bonchev–Trinajstić information content (AvgIpc) is 3.47. The van der Waals surface area contributed by atoms with E-state index in [1.54, 1.807) is 18.2 Å². The molecular formula is C24H23ClFN7O3. The zero-order chi connectivity index (χ0) is 25.1. The van der Waals surface area contributed by atoms with Gasteiger partial charge >= 0.3 is 0 Å². The van der Waals surface area contributed by atoms with E-state index in [1.807, 2.05) is 0 Å². The molecule has 4 heterocycles. The van der Waals surface area contributed by atoms with E-state index in [1.165, 1.54) is 24.5 Å². The number of fused-ring (bicyclic) bond motifs is 1. The molecule has 1 aromatic carbocycles. The number of rotatable bonds is 7. The van der Waals surface area contributed by atoms with E-state index < -0.39 is 5.82 Å². The summed E-state index contributed by atoms with van der Waals surface area (Å²) in [6.45, 7) is 4.39. The maximum Gasteiger partial charge on any atom is 0.267 e. The number of hydrogen-bond acceptors (Lipinski definition) is 7. The summed E-state index contributed by atoms with van der Waals surface area (Å²) in [7, 11) is 0. The Kier molecular flexibility index (Phi) is 6.94. The highest BCUT2D eigenvalue weighted by Crippen LogP contribution is 2.37. The zero-order valence-electron chi connectivity index (χ0n) is 19.1. The number of hydrogen-bond donors (Lipinski definition) is 4. The number of carbonyl (C=O) groups excluding carboxylic acids is 2. The second kappa shape index (κ2) is 10.4. The van der Waals surface area contributed by atoms with Gasteiger partial charge in [0.15, 0.2) is 0 Å². The number of morpholine rings is 1. The Labute approximate surface area is 210 Å². The number of nitrogens with one attached hydrogen (secondary N) is 4. The minimum absolute atomic E-state index is 0.0437. The molecule has 2 aromatic heterocycles. The van der Waals surface area contributed by atoms with Gasteiger partial charge in [0.25, 0.3) is 11.8 Å². The van der Waals surface area contributed by atoms with Crippen LogP contribution < -0.4 is 16.0 Å². The molecule has 2 aliphatic rings. The van der Waals surface area contributed by atoms with Crippen molar-refractivity contribution in [2.45, 2.75) is 0 Å². The molecule has 4 N–H and O–H groups in total. The number of nitrogens with zero attached hydrogens (tertiary/aromatic N) is 3. The van der Waals surface area contributed by atoms with E-state index in [0.717, 1.165) is 19.6 Å². The van der Waals surface area contributed by atoms with Crippen LogP contribution in [0.1, 0.15) is 21.7 Å². The summed E-state index contributed by atoms with van der Waals surface area (Å²) in [6.07, 6.45) is 2.93. The van der Waals surface area contributed by atoms with Gasteiger partial charge < -0.3 is 25.7 Å². The van der Waals surface area contributed by atoms with E-state index in [2.05, 4.69) is 35.8 Å². The fourth-order valence-corrected chi connectivity index (χ4v) is 4.18. The standard InChI is InChI=1S/C24H23ClFN7O3/c25-17-12-15(1-3-18(17)26)31-21-20-16(23(34)32-22(20)29-13-28-21)11-14-2-4-19(30-14)24(35)27-5-6-33-7-9-36-10-8-33/h1-4,11-13,30H,5-10H2,(H,27,35)(H2,28,29,31,32,34)/b16-11-. The van der Waals surface area contributed by atoms with Crippen LogP contribution in [0, 0.1) is 5.82 Å². The third-order valence-corrected chi connectivity index (χ3v) is 6.14. The largest absolute Gasteiger partial charge is 0.379 e. The SMILES string of the molecule is O=C1Nc2ncnc(Nc3ccc(F)c(Cl)c3)c2/C1=C/c1ccc(C(=O)NCCN2CCOCC2)[nH]1. The van der Waals surface area contributed by atoms with Gasteiger partial charge in [-0.05, 0) is 36.4 Å². The maximum absolute atomic E-state index is 13.5. The number of benzene rings is 1. The normalized spacial score (nSPS) is 16.6. The molecule has 0 unspecified atom stereocenters. The summed E-state index contributed by atoms with van der Waals surface area (Å²) < 4.78 is 18.9. The highest BCUT2D eigenvalue weighted by atomic mass is 35.5. The monoisotopic (exact) mass is 511 g/mol. The molecule has 36 heavy (non-hydrogen) atoms. The molecule has 12 heteroatoms. The van der Waals surface area contributed by atoms with Crippen molar-refractivity contribution < 1.29 is 18.7 Å². The van der Waals surface area contributed by atoms with Crippen molar-refractivity contribution in [3.63, 3.8) is 0 Å². The molecule has 0 bridgehead atoms. The lowest BCUT2D eigenvalue weighted by Crippen LogP contribution is -2.41. The van der Waals surface area contributed by atoms with Crippen molar-refractivity contribution in [1.82, 2.24) is 25.2 Å². The second-order valence-electron chi connectivity index (χ2n) is 8.25. The first-order valence-corrected chi connectivity index (χ1v) is 11.7. The van der Waals surface area contributed by atoms with Crippen molar-refractivity contribution in [3.8, 4) is 0 Å². The van der Waals surface area contributed by atoms with Gasteiger partial charge in [-0.15, -0.1) is 0 Å². The number of aromatic amines is 1. The van der Waals surface area contributed by atoms with Crippen molar-refractivity contribution in [1.29, 1.82) is 0 Å². The number of halogens is 2. The minimum Gasteiger partial charge on any atom is -0.379 e. The summed E-state index contributed by atoms with van der Waals surface area (Å²) >= 11 is 5.89. The molecule has 2 amide bonds. The van der Waals surface area contributed by atoms with E-state index in [0.29, 0.717) is 59.6 Å². The summed E-state index contributed by atoms with van der Waals surface area (Å²) in [5, 5.41) is 8.63. The van der Waals surface area contributed by atoms with Crippen molar-refractivity contribution in [2.75, 3.05) is 50.0 Å². The predicted molar refractivity (Wildman–Crippen MR) is 134 cm³/mol. The molecule has 3 aromatic rings. The molecule has 1 saturated heterocycles. The smallest absolute Gasteiger partial charge is 0.267 e. The highest BCUT2D eigenvalue weighted by Gasteiger charge is 2.29. The van der Waals surface area contributed by atoms with Crippen molar-refractivity contribution in [2.24, 2.45) is 0 Å². The average molecular weight is 512 g/mol. The van der Waals surface area contributed by atoms with Gasteiger partial charge in [-0.2, -0.15) is 0 Å². The van der Waals surface area contributed by atoms with Crippen LogP contribution >= 0.6 is 11.6 Å². The van der Waals surface area contributed by atoms with Gasteiger partial charge in [-0.25, -0.2) is 14.4 Å². The Morgan fingerprint density at radius 1 is 1.22 bits per heavy atom. The lowest BCUT2D eigenvalue weighted by Gasteiger charge is -2.26. The summed E-state index contributed by atoms with van der Waals surface area (Å²) in [6, 6.07) is 7.54. The topological polar surface area (TPSA) is 124 Å². The maximum atomic E-state index is 13.5. The molecular weight excluding hydrogens is 489 g/mol. The molecule has 5 rings (SSSR count). The number of amides is 2. The Hall–Kier alpha value is -3.80. The fraction of sp³-hybridized carbons (Fsp3) is 0.250. The van der Waals surface area contributed by atoms with Crippen LogP contribution in [0.4, 0.5) is 21.7 Å². The molecule has 0 aliphatic carbocycles. The van der Waals surface area contributed by atoms with Gasteiger partial charge in [-0.1, -0.05) is 11.6 Å². The first-order chi connectivity index (χ1) is 17.5. The van der Waals surface area contributed by atoms with Gasteiger partial charge in [0.1, 0.15) is 29.5 Å². The Morgan fingerprint density at radius 2 is 2.06 bits per heavy atom. The number of aromatic nitrogens is 3. The Bertz CT molecular complexity index is 1340. The molecule has 0 atom stereocenters. The zero-order valence-corrected chi connectivity index (χ0v) is 19.9. The van der Waals surface area contributed by atoms with E-state index in [9.17, 15) is 14.0 Å². The van der Waals surface area contributed by atoms with Crippen LogP contribution in [-0.4, -0.2) is 71.1 Å². The molecule has 10 nitrogen and oxygen atoms in total. The Morgan fingerprint density at radius 3 is 2.86 bits per heavy atom. The van der Waals surface area contributed by atoms with Crippen LogP contribution in [0.2, 0.25) is 5.02 Å². The van der Waals surface area contributed by atoms with E-state index in [4.69, 9.17) is 16.3 Å². The van der Waals surface area contributed by atoms with Crippen molar-refractivity contribution >= 4 is 52.4 Å². The van der Waals surface area contributed by atoms with Gasteiger partial charge in [0.2, 0.25) is 0 Å². The lowest BCUT2D eigenvalue weighted by molar-refractivity contribution is -0.110. The molecule has 1 fully saturated rings. The van der Waals surface area contributed by atoms with Gasteiger partial charge in [0, 0.05) is 37.6 Å². The first-order valence-electron chi connectivity index (χ1n) is 11.4. The summed E-state index contributed by atoms with van der Waals surface area (Å²) in [4.78, 5) is 38.9. The summed E-state index contributed by atoms with van der Waals surface area (Å²) in [5.74, 6) is -0.454. The molecule has 0 saturated carbocycles. The highest BCUT2D eigenvalue weighted by molar-refractivity contribution is 6.35. The predicted octanol–water partition coefficient (Wildman–Crippen LogP) is 2.90. The number of H-pyrrole nitrogens is 1. The van der Waals surface area contributed by atoms with Crippen LogP contribution in [0.25, 0.3) is 11.6 Å². The fourth-order valence-electron chi connectivity index (χ4n) is 4.00. The molecule has 186 valence electrons. The van der Waals surface area contributed by atoms with Gasteiger partial charge in [-0.3, -0.25) is 14.5 Å². The van der Waals surface area contributed by atoms with Crippen LogP contribution in [0.5, 0.6) is 0 Å². The van der Waals surface area contributed by atoms with E-state index in [-0.39, 0.29) is 16.8 Å². The number of carbonyl (C=O) groups is 2. The van der Waals surface area contributed by atoms with Crippen LogP contribution in [0.15, 0.2) is 36.7 Å². The third kappa shape index (κ3) is 5.23. The molecule has 0 radical (unpaired) electrons. The lowest BCUT2D eigenvalue weighted by atomic mass is 10.1.